The van der Waals surface area contributed by atoms with E-state index in [2.05, 4.69) is 30.1 Å². The number of aliphatic imine (C=N–C) groups is 1. The molecule has 161 valence electrons. The van der Waals surface area contributed by atoms with Gasteiger partial charge in [0.05, 0.1) is 18.9 Å². The molecule has 0 unspecified atom stereocenters. The Balaban J connectivity index is 1.41. The quantitative estimate of drug-likeness (QED) is 0.433. The number of nitrogens with one attached hydrogen (secondary N) is 3. The van der Waals surface area contributed by atoms with Gasteiger partial charge in [-0.15, -0.1) is 0 Å². The molecule has 0 atom stereocenters. The Bertz CT molecular complexity index is 1030. The van der Waals surface area contributed by atoms with Gasteiger partial charge in [-0.25, -0.2) is 0 Å². The van der Waals surface area contributed by atoms with Crippen molar-refractivity contribution in [2.75, 3.05) is 37.3 Å². The van der Waals surface area contributed by atoms with Crippen molar-refractivity contribution in [3.8, 4) is 0 Å². The molecule has 3 heterocycles. The summed E-state index contributed by atoms with van der Waals surface area (Å²) in [6.45, 7) is 5.87. The number of fused-ring (bicyclic) bond motifs is 1. The molecule has 1 radical (unpaired) electrons. The van der Waals surface area contributed by atoms with Crippen molar-refractivity contribution in [2.24, 2.45) is 4.99 Å². The number of anilines is 2. The first kappa shape index (κ1) is 21.2. The smallest absolute Gasteiger partial charge is 0.285 e. The van der Waals surface area contributed by atoms with Crippen LogP contribution in [0.2, 0.25) is 0 Å². The van der Waals surface area contributed by atoms with Gasteiger partial charge in [-0.1, -0.05) is 6.92 Å². The molecule has 0 fully saturated rings. The van der Waals surface area contributed by atoms with Crippen LogP contribution in [0.5, 0.6) is 0 Å². The predicted molar refractivity (Wildman–Crippen MR) is 125 cm³/mol. The minimum absolute atomic E-state index is 0.0140. The molecule has 2 aromatic rings. The summed E-state index contributed by atoms with van der Waals surface area (Å²) in [7, 11) is 1.92. The number of hydrogen-bond donors (Lipinski definition) is 3. The number of H-pyrrole nitrogens is 1. The van der Waals surface area contributed by atoms with Gasteiger partial charge in [0.15, 0.2) is 12.0 Å². The minimum Gasteiger partial charge on any atom is -0.325 e. The average molecular weight is 439 g/mol. The topological polar surface area (TPSA) is 94.6 Å². The number of likely N-dealkylation sites (N-methyl/N-ethyl adjacent to an activating group) is 1. The first-order valence-corrected chi connectivity index (χ1v) is 10.8. The van der Waals surface area contributed by atoms with E-state index in [4.69, 9.17) is 0 Å². The van der Waals surface area contributed by atoms with Crippen LogP contribution < -0.4 is 15.5 Å². The van der Waals surface area contributed by atoms with Gasteiger partial charge in [0, 0.05) is 22.3 Å². The first-order chi connectivity index (χ1) is 15.0. The van der Waals surface area contributed by atoms with Crippen LogP contribution in [0.25, 0.3) is 0 Å². The molecular weight excluding hydrogens is 412 g/mol. The molecule has 3 N–H and O–H groups in total. The molecule has 4 rings (SSSR count). The molecular formula is C21H26N8OS+. The molecule has 1 amide bonds. The van der Waals surface area contributed by atoms with Gasteiger partial charge in [-0.3, -0.25) is 24.4 Å². The lowest BCUT2D eigenvalue weighted by Crippen LogP contribution is -2.42. The molecule has 10 heteroatoms. The zero-order chi connectivity index (χ0) is 21.8. The number of benzene rings is 1. The molecule has 0 saturated heterocycles. The minimum atomic E-state index is -0.0140. The molecule has 2 aliphatic rings. The van der Waals surface area contributed by atoms with E-state index in [1.54, 1.807) is 18.1 Å². The molecule has 0 bridgehead atoms. The fraction of sp³-hybridized carbons (Fsp3) is 0.286. The summed E-state index contributed by atoms with van der Waals surface area (Å²) >= 11 is 1.61. The normalized spacial score (nSPS) is 15.7. The lowest BCUT2D eigenvalue weighted by Gasteiger charge is -2.24. The molecule has 1 aromatic heterocycles. The van der Waals surface area contributed by atoms with Crippen LogP contribution in [0.4, 0.5) is 11.5 Å². The van der Waals surface area contributed by atoms with Gasteiger partial charge in [0.1, 0.15) is 6.54 Å². The van der Waals surface area contributed by atoms with E-state index in [9.17, 15) is 4.79 Å². The van der Waals surface area contributed by atoms with E-state index in [0.717, 1.165) is 40.3 Å². The standard InChI is InChI=1S/C21H26N8OS/c1-4-27(3)14-21(30)23-16-5-7-17(8-6-16)31-28-12-19-22-9-10-29(19)20(13-28)24-18-11-15(2)25-26-18/h5-11,13H,4,12,14H2,1-3H3,(H,23,30)(H2,24,25,26)/q+1. The number of rotatable bonds is 8. The fourth-order valence-electron chi connectivity index (χ4n) is 3.11. The number of hydrogen-bond acceptors (Lipinski definition) is 8. The van der Waals surface area contributed by atoms with Crippen LogP contribution in [-0.2, 0) is 4.79 Å². The van der Waals surface area contributed by atoms with Crippen LogP contribution in [-0.4, -0.2) is 57.8 Å². The highest BCUT2D eigenvalue weighted by molar-refractivity contribution is 7.97. The van der Waals surface area contributed by atoms with Crippen molar-refractivity contribution in [3.63, 3.8) is 0 Å². The van der Waals surface area contributed by atoms with Crippen molar-refractivity contribution in [1.29, 1.82) is 0 Å². The zero-order valence-electron chi connectivity index (χ0n) is 17.8. The predicted octanol–water partition coefficient (Wildman–Crippen LogP) is 2.87. The maximum Gasteiger partial charge on any atom is 0.285 e. The van der Waals surface area contributed by atoms with Gasteiger partial charge in [0.25, 0.3) is 11.7 Å². The molecule has 0 saturated carbocycles. The van der Waals surface area contributed by atoms with Crippen molar-refractivity contribution in [3.05, 3.63) is 60.4 Å². The van der Waals surface area contributed by atoms with E-state index in [1.807, 2.05) is 73.4 Å². The number of aromatic amines is 1. The summed E-state index contributed by atoms with van der Waals surface area (Å²) in [5, 5.41) is 13.5. The Morgan fingerprint density at radius 3 is 2.87 bits per heavy atom. The third-order valence-electron chi connectivity index (χ3n) is 4.82. The number of amides is 1. The third-order valence-corrected chi connectivity index (χ3v) is 5.77. The molecule has 0 aliphatic carbocycles. The fourth-order valence-corrected chi connectivity index (χ4v) is 3.97. The number of carbonyl (C=O) groups is 1. The largest absolute Gasteiger partial charge is 0.325 e. The zero-order valence-corrected chi connectivity index (χ0v) is 18.6. The second-order valence-corrected chi connectivity index (χ2v) is 8.48. The second-order valence-electron chi connectivity index (χ2n) is 7.36. The SMILES string of the molecule is CCN(C)CC(=O)Nc1ccc(SN2C=C(Nc3cc(C)[nH]n3)[N+]3C=CN=C3C2)cc1. The second kappa shape index (κ2) is 9.38. The molecule has 9 nitrogen and oxygen atoms in total. The number of carbonyl (C=O) groups excluding carboxylic acids is 1. The van der Waals surface area contributed by atoms with Crippen LogP contribution in [0, 0.1) is 6.92 Å². The number of amidine groups is 1. The summed E-state index contributed by atoms with van der Waals surface area (Å²) in [5.74, 6) is 2.55. The third kappa shape index (κ3) is 5.35. The van der Waals surface area contributed by atoms with Crippen LogP contribution in [0.3, 0.4) is 0 Å². The Morgan fingerprint density at radius 1 is 1.35 bits per heavy atom. The Kier molecular flexibility index (Phi) is 6.40. The summed E-state index contributed by atoms with van der Waals surface area (Å²) in [5.41, 5.74) is 1.78. The Hall–Kier alpha value is -3.08. The number of nitrogens with zero attached hydrogens (tertiary/aromatic N) is 5. The summed E-state index contributed by atoms with van der Waals surface area (Å²) < 4.78 is 2.12. The van der Waals surface area contributed by atoms with Crippen LogP contribution in [0.1, 0.15) is 12.6 Å². The van der Waals surface area contributed by atoms with E-state index < -0.39 is 0 Å². The number of aryl methyl sites for hydroxylation is 1. The lowest BCUT2D eigenvalue weighted by molar-refractivity contribution is -0.117. The first-order valence-electron chi connectivity index (χ1n) is 10.1. The van der Waals surface area contributed by atoms with Crippen molar-refractivity contribution < 1.29 is 4.79 Å². The number of aromatic nitrogens is 2. The van der Waals surface area contributed by atoms with E-state index in [-0.39, 0.29) is 5.91 Å². The van der Waals surface area contributed by atoms with Gasteiger partial charge in [-0.2, -0.15) is 10.1 Å². The molecule has 31 heavy (non-hydrogen) atoms. The molecule has 2 aliphatic heterocycles. The van der Waals surface area contributed by atoms with Crippen molar-refractivity contribution >= 4 is 35.2 Å². The summed E-state index contributed by atoms with van der Waals surface area (Å²) in [4.78, 5) is 21.6. The van der Waals surface area contributed by atoms with Crippen LogP contribution in [0.15, 0.2) is 64.6 Å². The highest BCUT2D eigenvalue weighted by Gasteiger charge is 2.37. The summed E-state index contributed by atoms with van der Waals surface area (Å²) in [6, 6.07) is 9.81. The van der Waals surface area contributed by atoms with E-state index >= 15 is 0 Å². The average Bonchev–Trinajstić information content (AvgIpc) is 3.38. The van der Waals surface area contributed by atoms with Crippen molar-refractivity contribution in [2.45, 2.75) is 18.7 Å². The maximum atomic E-state index is 12.1. The molecule has 0 spiro atoms. The molecule has 1 aromatic carbocycles. The van der Waals surface area contributed by atoms with Gasteiger partial charge < -0.3 is 5.32 Å². The van der Waals surface area contributed by atoms with E-state index in [1.165, 1.54) is 0 Å². The highest BCUT2D eigenvalue weighted by Crippen LogP contribution is 2.29. The van der Waals surface area contributed by atoms with Gasteiger partial charge >= 0.3 is 0 Å². The summed E-state index contributed by atoms with van der Waals surface area (Å²) in [6.07, 6.45) is 5.77. The Morgan fingerprint density at radius 2 is 2.16 bits per heavy atom. The Labute approximate surface area is 186 Å². The van der Waals surface area contributed by atoms with Gasteiger partial charge in [0.2, 0.25) is 5.91 Å². The maximum absolute atomic E-state index is 12.1. The monoisotopic (exact) mass is 438 g/mol. The van der Waals surface area contributed by atoms with E-state index in [0.29, 0.717) is 13.1 Å². The highest BCUT2D eigenvalue weighted by atomic mass is 32.2. The van der Waals surface area contributed by atoms with Crippen molar-refractivity contribution in [1.82, 2.24) is 24.3 Å². The van der Waals surface area contributed by atoms with Crippen LogP contribution >= 0.6 is 11.9 Å². The lowest BCUT2D eigenvalue weighted by atomic mass is 10.3. The van der Waals surface area contributed by atoms with Gasteiger partial charge in [-0.05, 0) is 61.6 Å².